The van der Waals surface area contributed by atoms with Crippen LogP contribution in [0.2, 0.25) is 0 Å². The van der Waals surface area contributed by atoms with Crippen molar-refractivity contribution in [3.05, 3.63) is 29.3 Å². The van der Waals surface area contributed by atoms with E-state index < -0.39 is 5.97 Å². The highest BCUT2D eigenvalue weighted by Gasteiger charge is 2.62. The maximum absolute atomic E-state index is 12.5. The maximum atomic E-state index is 12.5. The number of benzene rings is 1. The number of carbonyl (C=O) groups excluding carboxylic acids is 3. The Hall–Kier alpha value is -2.37. The van der Waals surface area contributed by atoms with E-state index in [4.69, 9.17) is 4.74 Å². The molecular weight excluding hydrogens is 332 g/mol. The normalized spacial score (nSPS) is 33.4. The third kappa shape index (κ3) is 2.50. The summed E-state index contributed by atoms with van der Waals surface area (Å²) in [6.07, 6.45) is 3.48. The van der Waals surface area contributed by atoms with Crippen LogP contribution in [-0.4, -0.2) is 37.4 Å². The zero-order valence-electron chi connectivity index (χ0n) is 14.5. The maximum Gasteiger partial charge on any atom is 0.338 e. The summed E-state index contributed by atoms with van der Waals surface area (Å²) in [4.78, 5) is 36.8. The van der Waals surface area contributed by atoms with Crippen molar-refractivity contribution < 1.29 is 19.1 Å². The monoisotopic (exact) mass is 354 g/mol. The largest absolute Gasteiger partial charge is 0.454 e. The molecular formula is C20H22N2O4. The molecule has 1 amide bonds. The Bertz CT molecular complexity index is 805. The van der Waals surface area contributed by atoms with Crippen LogP contribution in [0, 0.1) is 29.6 Å². The lowest BCUT2D eigenvalue weighted by atomic mass is 9.85. The minimum atomic E-state index is -0.514. The number of fused-ring (bicyclic) bond motifs is 6. The van der Waals surface area contributed by atoms with Crippen molar-refractivity contribution >= 4 is 23.3 Å². The van der Waals surface area contributed by atoms with Gasteiger partial charge in [-0.1, -0.05) is 0 Å². The lowest BCUT2D eigenvalue weighted by molar-refractivity contribution is -0.127. The molecule has 2 bridgehead atoms. The minimum Gasteiger partial charge on any atom is -0.454 e. The lowest BCUT2D eigenvalue weighted by Gasteiger charge is -2.19. The molecule has 5 unspecified atom stereocenters. The van der Waals surface area contributed by atoms with Gasteiger partial charge >= 0.3 is 5.97 Å². The van der Waals surface area contributed by atoms with Gasteiger partial charge in [-0.3, -0.25) is 9.59 Å². The Labute approximate surface area is 151 Å². The van der Waals surface area contributed by atoms with Crippen LogP contribution >= 0.6 is 0 Å². The Kier molecular flexibility index (Phi) is 3.55. The van der Waals surface area contributed by atoms with Crippen molar-refractivity contribution in [2.45, 2.75) is 19.3 Å². The van der Waals surface area contributed by atoms with Crippen molar-refractivity contribution in [1.82, 2.24) is 5.32 Å². The predicted molar refractivity (Wildman–Crippen MR) is 93.9 cm³/mol. The minimum absolute atomic E-state index is 0.0727. The number of Topliss-reactive ketones (excluding diaryl/α,β-unsaturated/α-hetero) is 1. The van der Waals surface area contributed by atoms with Crippen LogP contribution in [-0.2, 0) is 9.53 Å². The number of nitrogens with one attached hydrogen (secondary N) is 2. The second-order valence-corrected chi connectivity index (χ2v) is 8.05. The average molecular weight is 354 g/mol. The van der Waals surface area contributed by atoms with Gasteiger partial charge in [-0.15, -0.1) is 0 Å². The van der Waals surface area contributed by atoms with Crippen LogP contribution in [0.25, 0.3) is 0 Å². The van der Waals surface area contributed by atoms with Crippen molar-refractivity contribution in [3.8, 4) is 0 Å². The van der Waals surface area contributed by atoms with Crippen LogP contribution in [0.4, 0.5) is 5.69 Å². The van der Waals surface area contributed by atoms with E-state index in [0.29, 0.717) is 35.8 Å². The van der Waals surface area contributed by atoms with Gasteiger partial charge < -0.3 is 15.4 Å². The molecule has 6 heteroatoms. The van der Waals surface area contributed by atoms with Crippen molar-refractivity contribution in [3.63, 3.8) is 0 Å². The second-order valence-electron chi connectivity index (χ2n) is 8.05. The zero-order chi connectivity index (χ0) is 17.8. The fraction of sp³-hybridized carbons (Fsp3) is 0.550. The molecule has 0 radical (unpaired) electrons. The molecule has 3 fully saturated rings. The third-order valence-electron chi connectivity index (χ3n) is 6.68. The molecule has 0 spiro atoms. The Morgan fingerprint density at radius 3 is 2.69 bits per heavy atom. The summed E-state index contributed by atoms with van der Waals surface area (Å²) in [5.74, 6) is 2.41. The van der Waals surface area contributed by atoms with Crippen LogP contribution < -0.4 is 10.6 Å². The van der Waals surface area contributed by atoms with E-state index in [2.05, 4.69) is 10.6 Å². The Morgan fingerprint density at radius 2 is 1.88 bits per heavy atom. The number of anilines is 1. The lowest BCUT2D eigenvalue weighted by Crippen LogP contribution is -2.27. The average Bonchev–Trinajstić information content (AvgIpc) is 3.30. The zero-order valence-corrected chi connectivity index (χ0v) is 14.5. The highest BCUT2D eigenvalue weighted by molar-refractivity contribution is 6.02. The van der Waals surface area contributed by atoms with Gasteiger partial charge in [0.05, 0.1) is 11.1 Å². The van der Waals surface area contributed by atoms with Crippen LogP contribution in [0.15, 0.2) is 18.2 Å². The number of hydrogen-bond donors (Lipinski definition) is 2. The summed E-state index contributed by atoms with van der Waals surface area (Å²) in [5, 5.41) is 5.91. The van der Waals surface area contributed by atoms with E-state index in [9.17, 15) is 14.4 Å². The number of ether oxygens (including phenoxy) is 1. The standard InChI is InChI=1S/C20H22N2O4/c23-18(16-6-11-5-14(16)15-8-13(11)15)9-26-20(25)10-1-2-12-17(7-10)21-3-4-22-19(12)24/h1-2,7,11,13-16,21H,3-6,8-9H2,(H,22,24). The van der Waals surface area contributed by atoms with Gasteiger partial charge in [0.2, 0.25) is 0 Å². The van der Waals surface area contributed by atoms with Gasteiger partial charge in [-0.25, -0.2) is 4.79 Å². The molecule has 5 rings (SSSR count). The molecule has 5 atom stereocenters. The number of amides is 1. The van der Waals surface area contributed by atoms with Gasteiger partial charge in [0.25, 0.3) is 5.91 Å². The van der Waals surface area contributed by atoms with Gasteiger partial charge in [0.15, 0.2) is 12.4 Å². The van der Waals surface area contributed by atoms with Gasteiger partial charge in [-0.05, 0) is 61.1 Å². The molecule has 136 valence electrons. The number of esters is 1. The second kappa shape index (κ2) is 5.83. The number of rotatable bonds is 4. The molecule has 1 aliphatic heterocycles. The smallest absolute Gasteiger partial charge is 0.338 e. The number of ketones is 1. The molecule has 1 aromatic carbocycles. The van der Waals surface area contributed by atoms with Crippen LogP contribution in [0.5, 0.6) is 0 Å². The molecule has 1 aromatic rings. The first-order valence-electron chi connectivity index (χ1n) is 9.48. The van der Waals surface area contributed by atoms with Gasteiger partial charge in [0, 0.05) is 24.7 Å². The first-order chi connectivity index (χ1) is 12.6. The van der Waals surface area contributed by atoms with E-state index in [0.717, 1.165) is 24.2 Å². The van der Waals surface area contributed by atoms with Gasteiger partial charge in [0.1, 0.15) is 0 Å². The molecule has 6 nitrogen and oxygen atoms in total. The molecule has 2 N–H and O–H groups in total. The van der Waals surface area contributed by atoms with E-state index in [1.54, 1.807) is 18.2 Å². The topological polar surface area (TPSA) is 84.5 Å². The van der Waals surface area contributed by atoms with Crippen molar-refractivity contribution in [1.29, 1.82) is 0 Å². The first kappa shape index (κ1) is 15.9. The van der Waals surface area contributed by atoms with E-state index in [1.165, 1.54) is 12.8 Å². The molecule has 0 saturated heterocycles. The highest BCUT2D eigenvalue weighted by Crippen LogP contribution is 2.67. The van der Waals surface area contributed by atoms with Crippen LogP contribution in [0.3, 0.4) is 0 Å². The number of carbonyl (C=O) groups is 3. The van der Waals surface area contributed by atoms with Crippen molar-refractivity contribution in [2.75, 3.05) is 25.0 Å². The molecule has 26 heavy (non-hydrogen) atoms. The molecule has 3 aliphatic carbocycles. The SMILES string of the molecule is O=C(OCC(=O)C1CC2CC1C1CC21)c1ccc2c(c1)NCCNC2=O. The summed E-state index contributed by atoms with van der Waals surface area (Å²) in [6.45, 7) is 0.991. The first-order valence-corrected chi connectivity index (χ1v) is 9.48. The molecule has 3 saturated carbocycles. The Balaban J connectivity index is 1.23. The molecule has 1 heterocycles. The number of hydrogen-bond acceptors (Lipinski definition) is 5. The molecule has 0 aromatic heterocycles. The highest BCUT2D eigenvalue weighted by atomic mass is 16.5. The van der Waals surface area contributed by atoms with E-state index in [-0.39, 0.29) is 24.2 Å². The predicted octanol–water partition coefficient (Wildman–Crippen LogP) is 1.86. The van der Waals surface area contributed by atoms with Crippen LogP contribution in [0.1, 0.15) is 40.0 Å². The fourth-order valence-electron chi connectivity index (χ4n) is 5.39. The third-order valence-corrected chi connectivity index (χ3v) is 6.68. The fourth-order valence-corrected chi connectivity index (χ4v) is 5.39. The summed E-state index contributed by atoms with van der Waals surface area (Å²) >= 11 is 0. The van der Waals surface area contributed by atoms with Crippen molar-refractivity contribution in [2.24, 2.45) is 29.6 Å². The summed E-state index contributed by atoms with van der Waals surface area (Å²) in [7, 11) is 0. The van der Waals surface area contributed by atoms with E-state index in [1.807, 2.05) is 0 Å². The summed E-state index contributed by atoms with van der Waals surface area (Å²) in [5.41, 5.74) is 1.48. The van der Waals surface area contributed by atoms with Gasteiger partial charge in [-0.2, -0.15) is 0 Å². The summed E-state index contributed by atoms with van der Waals surface area (Å²) in [6, 6.07) is 4.81. The summed E-state index contributed by atoms with van der Waals surface area (Å²) < 4.78 is 5.29. The van der Waals surface area contributed by atoms with E-state index >= 15 is 0 Å². The Morgan fingerprint density at radius 1 is 1.04 bits per heavy atom. The quantitative estimate of drug-likeness (QED) is 0.807. The molecule has 4 aliphatic rings.